The van der Waals surface area contributed by atoms with Crippen molar-refractivity contribution in [1.29, 1.82) is 0 Å². The summed E-state index contributed by atoms with van der Waals surface area (Å²) in [7, 11) is 0. The van der Waals surface area contributed by atoms with Crippen LogP contribution in [0.2, 0.25) is 0 Å². The summed E-state index contributed by atoms with van der Waals surface area (Å²) in [5.41, 5.74) is 0.852. The van der Waals surface area contributed by atoms with Crippen LogP contribution in [0.4, 0.5) is 0 Å². The van der Waals surface area contributed by atoms with E-state index in [2.05, 4.69) is 23.4 Å². The Bertz CT molecular complexity index is 245. The van der Waals surface area contributed by atoms with Crippen LogP contribution < -0.4 is 16.8 Å². The van der Waals surface area contributed by atoms with E-state index in [-0.39, 0.29) is 0 Å². The molecule has 0 bridgehead atoms. The van der Waals surface area contributed by atoms with Gasteiger partial charge in [0.05, 0.1) is 0 Å². The molecule has 4 nitrogen and oxygen atoms in total. The number of nitrogens with two attached hydrogens (primary N) is 1. The Hall–Kier alpha value is -1.32. The van der Waals surface area contributed by atoms with Gasteiger partial charge in [-0.3, -0.25) is 0 Å². The monoisotopic (exact) mass is 110 g/mol. The van der Waals surface area contributed by atoms with Crippen molar-refractivity contribution in [2.45, 2.75) is 0 Å². The maximum absolute atomic E-state index is 5.27. The summed E-state index contributed by atoms with van der Waals surface area (Å²) >= 11 is 0. The van der Waals surface area contributed by atoms with Crippen molar-refractivity contribution in [2.75, 3.05) is 5.84 Å². The van der Waals surface area contributed by atoms with Crippen molar-refractivity contribution < 1.29 is 0 Å². The minimum absolute atomic E-state index is 0.426. The second-order valence-electron chi connectivity index (χ2n) is 1.40. The number of hydrogen-bond acceptors (Lipinski definition) is 3. The molecule has 0 unspecified atom stereocenters. The highest BCUT2D eigenvalue weighted by Gasteiger charge is 1.84. The smallest absolute Gasteiger partial charge is 0.168 e. The SMILES string of the molecule is C=c1nnc(=C)n1N. The highest BCUT2D eigenvalue weighted by molar-refractivity contribution is 4.91. The van der Waals surface area contributed by atoms with Crippen LogP contribution >= 0.6 is 0 Å². The Kier molecular flexibility index (Phi) is 0.802. The molecule has 1 heterocycles. The molecule has 1 aromatic rings. The lowest BCUT2D eigenvalue weighted by Crippen LogP contribution is -2.33. The quantitative estimate of drug-likeness (QED) is 0.386. The first-order valence-corrected chi connectivity index (χ1v) is 2.06. The molecule has 0 aliphatic rings. The number of nitrogens with zero attached hydrogens (tertiary/aromatic N) is 3. The van der Waals surface area contributed by atoms with E-state index >= 15 is 0 Å². The molecule has 4 heteroatoms. The normalized spacial score (nSPS) is 9.50. The third-order valence-electron chi connectivity index (χ3n) is 0.837. The van der Waals surface area contributed by atoms with Crippen molar-refractivity contribution in [3.8, 4) is 0 Å². The maximum Gasteiger partial charge on any atom is 0.168 e. The lowest BCUT2D eigenvalue weighted by Gasteiger charge is -1.82. The largest absolute Gasteiger partial charge is 0.336 e. The van der Waals surface area contributed by atoms with E-state index in [1.165, 1.54) is 4.68 Å². The lowest BCUT2D eigenvalue weighted by atomic mass is 10.9. The van der Waals surface area contributed by atoms with Crippen LogP contribution in [0.5, 0.6) is 0 Å². The van der Waals surface area contributed by atoms with Gasteiger partial charge < -0.3 is 5.84 Å². The Balaban J connectivity index is 3.66. The second-order valence-corrected chi connectivity index (χ2v) is 1.40. The van der Waals surface area contributed by atoms with E-state index < -0.39 is 0 Å². The topological polar surface area (TPSA) is 56.7 Å². The molecule has 0 radical (unpaired) electrons. The molecule has 8 heavy (non-hydrogen) atoms. The lowest BCUT2D eigenvalue weighted by molar-refractivity contribution is 0.918. The molecule has 0 aliphatic heterocycles. The van der Waals surface area contributed by atoms with Gasteiger partial charge in [0.15, 0.2) is 11.0 Å². The average molecular weight is 110 g/mol. The predicted molar refractivity (Wildman–Crippen MR) is 30.5 cm³/mol. The molecule has 0 saturated carbocycles. The third-order valence-corrected chi connectivity index (χ3v) is 0.837. The van der Waals surface area contributed by atoms with E-state index in [0.29, 0.717) is 11.0 Å². The summed E-state index contributed by atoms with van der Waals surface area (Å²) in [5, 5.41) is 7.06. The minimum atomic E-state index is 0.426. The van der Waals surface area contributed by atoms with Crippen LogP contribution in [0.3, 0.4) is 0 Å². The van der Waals surface area contributed by atoms with Crippen LogP contribution in [0.15, 0.2) is 0 Å². The molecule has 1 rings (SSSR count). The highest BCUT2D eigenvalue weighted by Crippen LogP contribution is 1.40. The van der Waals surface area contributed by atoms with Crippen molar-refractivity contribution in [3.05, 3.63) is 11.0 Å². The molecule has 0 atom stereocenters. The molecular weight excluding hydrogens is 104 g/mol. The Morgan fingerprint density at radius 3 is 1.75 bits per heavy atom. The Morgan fingerprint density at radius 2 is 1.62 bits per heavy atom. The van der Waals surface area contributed by atoms with Crippen molar-refractivity contribution in [1.82, 2.24) is 14.9 Å². The van der Waals surface area contributed by atoms with Gasteiger partial charge in [-0.2, -0.15) is 0 Å². The fourth-order valence-electron chi connectivity index (χ4n) is 0.361. The number of rotatable bonds is 0. The molecule has 2 N–H and O–H groups in total. The third kappa shape index (κ3) is 0.465. The summed E-state index contributed by atoms with van der Waals surface area (Å²) in [5.74, 6) is 5.27. The minimum Gasteiger partial charge on any atom is -0.336 e. The molecule has 0 amide bonds. The molecule has 0 aliphatic carbocycles. The van der Waals surface area contributed by atoms with Gasteiger partial charge in [-0.05, 0) is 0 Å². The summed E-state index contributed by atoms with van der Waals surface area (Å²) < 4.78 is 1.22. The number of aromatic nitrogens is 3. The number of nitrogen functional groups attached to an aromatic ring is 1. The molecule has 0 spiro atoms. The summed E-state index contributed by atoms with van der Waals surface area (Å²) in [4.78, 5) is 0. The fraction of sp³-hybridized carbons (Fsp3) is 0. The first-order chi connectivity index (χ1) is 3.72. The summed E-state index contributed by atoms with van der Waals surface area (Å²) in [6.45, 7) is 6.93. The Labute approximate surface area is 45.9 Å². The van der Waals surface area contributed by atoms with Gasteiger partial charge in [0.25, 0.3) is 0 Å². The predicted octanol–water partition coefficient (Wildman–Crippen LogP) is -2.19. The Morgan fingerprint density at radius 1 is 1.25 bits per heavy atom. The van der Waals surface area contributed by atoms with E-state index in [4.69, 9.17) is 5.84 Å². The van der Waals surface area contributed by atoms with E-state index in [9.17, 15) is 0 Å². The van der Waals surface area contributed by atoms with Gasteiger partial charge >= 0.3 is 0 Å². The maximum atomic E-state index is 5.27. The zero-order valence-electron chi connectivity index (χ0n) is 4.33. The standard InChI is InChI=1S/C4H6N4/c1-3-6-7-4(2)8(3)5/h1-2,5H2. The van der Waals surface area contributed by atoms with Crippen LogP contribution in [0.1, 0.15) is 0 Å². The van der Waals surface area contributed by atoms with E-state index in [0.717, 1.165) is 0 Å². The fourth-order valence-corrected chi connectivity index (χ4v) is 0.361. The van der Waals surface area contributed by atoms with Gasteiger partial charge in [0.1, 0.15) is 0 Å². The first-order valence-electron chi connectivity index (χ1n) is 2.06. The van der Waals surface area contributed by atoms with Gasteiger partial charge in [-0.15, -0.1) is 10.2 Å². The second kappa shape index (κ2) is 1.33. The zero-order valence-corrected chi connectivity index (χ0v) is 4.33. The average Bonchev–Trinajstić information content (AvgIpc) is 1.98. The highest BCUT2D eigenvalue weighted by atomic mass is 15.4. The summed E-state index contributed by atoms with van der Waals surface area (Å²) in [6.07, 6.45) is 0. The van der Waals surface area contributed by atoms with Crippen molar-refractivity contribution in [2.24, 2.45) is 0 Å². The molecule has 0 saturated heterocycles. The number of hydrogen-bond donors (Lipinski definition) is 1. The zero-order chi connectivity index (χ0) is 6.15. The molecule has 0 fully saturated rings. The molecule has 1 aromatic heterocycles. The molecular formula is C4H6N4. The first kappa shape index (κ1) is 4.83. The van der Waals surface area contributed by atoms with Gasteiger partial charge in [-0.25, -0.2) is 4.68 Å². The van der Waals surface area contributed by atoms with Gasteiger partial charge in [0, 0.05) is 0 Å². The molecule has 0 aromatic carbocycles. The summed E-state index contributed by atoms with van der Waals surface area (Å²) in [6, 6.07) is 0. The van der Waals surface area contributed by atoms with Crippen LogP contribution in [-0.2, 0) is 0 Å². The van der Waals surface area contributed by atoms with Gasteiger partial charge in [-0.1, -0.05) is 13.2 Å². The van der Waals surface area contributed by atoms with Crippen LogP contribution in [0.25, 0.3) is 13.2 Å². The van der Waals surface area contributed by atoms with Crippen molar-refractivity contribution >= 4 is 13.2 Å². The van der Waals surface area contributed by atoms with Crippen LogP contribution in [0, 0.1) is 0 Å². The van der Waals surface area contributed by atoms with Gasteiger partial charge in [0.2, 0.25) is 0 Å². The van der Waals surface area contributed by atoms with E-state index in [1.807, 2.05) is 0 Å². The molecule has 42 valence electrons. The van der Waals surface area contributed by atoms with E-state index in [1.54, 1.807) is 0 Å². The van der Waals surface area contributed by atoms with Crippen LogP contribution in [-0.4, -0.2) is 14.9 Å². The van der Waals surface area contributed by atoms with Crippen molar-refractivity contribution in [3.63, 3.8) is 0 Å².